The summed E-state index contributed by atoms with van der Waals surface area (Å²) in [6.07, 6.45) is 1.38. The van der Waals surface area contributed by atoms with Crippen molar-refractivity contribution >= 4 is 21.8 Å². The molecule has 2 rings (SSSR count). The van der Waals surface area contributed by atoms with Crippen LogP contribution >= 0.6 is 0 Å². The highest BCUT2D eigenvalue weighted by Gasteiger charge is 2.36. The van der Waals surface area contributed by atoms with Crippen molar-refractivity contribution in [3.8, 4) is 0 Å². The molecule has 1 aliphatic heterocycles. The van der Waals surface area contributed by atoms with E-state index in [4.69, 9.17) is 0 Å². The standard InChI is InChI=1S/C17H25N3O4S/c1-4-18-16(21)17(22)19-11-14-6-5-9-20(14)25(23,24)15-10-12(2)7-8-13(15)3/h7-8,10,14H,4-6,9,11H2,1-3H3,(H,18,21)(H,19,22). The van der Waals surface area contributed by atoms with Gasteiger partial charge in [-0.3, -0.25) is 9.59 Å². The van der Waals surface area contributed by atoms with Crippen LogP contribution in [0.25, 0.3) is 0 Å². The first-order valence-electron chi connectivity index (χ1n) is 8.42. The second-order valence-electron chi connectivity index (χ2n) is 6.25. The molecule has 0 aromatic heterocycles. The van der Waals surface area contributed by atoms with Crippen LogP contribution in [0.2, 0.25) is 0 Å². The zero-order valence-corrected chi connectivity index (χ0v) is 15.6. The molecule has 1 saturated heterocycles. The monoisotopic (exact) mass is 367 g/mol. The van der Waals surface area contributed by atoms with Gasteiger partial charge in [0.2, 0.25) is 10.0 Å². The highest BCUT2D eigenvalue weighted by Crippen LogP contribution is 2.28. The molecule has 0 bridgehead atoms. The minimum absolute atomic E-state index is 0.125. The predicted octanol–water partition coefficient (Wildman–Crippen LogP) is 0.709. The fourth-order valence-electron chi connectivity index (χ4n) is 2.97. The van der Waals surface area contributed by atoms with E-state index >= 15 is 0 Å². The Morgan fingerprint density at radius 3 is 2.56 bits per heavy atom. The van der Waals surface area contributed by atoms with Gasteiger partial charge in [-0.05, 0) is 50.8 Å². The Balaban J connectivity index is 2.13. The Morgan fingerprint density at radius 2 is 1.88 bits per heavy atom. The summed E-state index contributed by atoms with van der Waals surface area (Å²) >= 11 is 0. The Labute approximate surface area is 148 Å². The normalized spacial score (nSPS) is 18.1. The number of hydrogen-bond acceptors (Lipinski definition) is 4. The third kappa shape index (κ3) is 4.38. The van der Waals surface area contributed by atoms with Crippen molar-refractivity contribution in [3.63, 3.8) is 0 Å². The Kier molecular flexibility index (Phi) is 6.18. The van der Waals surface area contributed by atoms with Gasteiger partial charge in [0.05, 0.1) is 4.90 Å². The number of carbonyl (C=O) groups is 2. The number of nitrogens with one attached hydrogen (secondary N) is 2. The number of benzene rings is 1. The van der Waals surface area contributed by atoms with Gasteiger partial charge in [-0.15, -0.1) is 0 Å². The summed E-state index contributed by atoms with van der Waals surface area (Å²) in [6.45, 7) is 6.25. The van der Waals surface area contributed by atoms with E-state index in [1.54, 1.807) is 26.0 Å². The molecule has 1 aromatic carbocycles. The minimum atomic E-state index is -3.64. The topological polar surface area (TPSA) is 95.6 Å². The van der Waals surface area contributed by atoms with E-state index in [0.29, 0.717) is 30.0 Å². The van der Waals surface area contributed by atoms with Crippen LogP contribution in [0.1, 0.15) is 30.9 Å². The summed E-state index contributed by atoms with van der Waals surface area (Å²) in [5.74, 6) is -1.44. The van der Waals surface area contributed by atoms with Crippen molar-refractivity contribution in [2.75, 3.05) is 19.6 Å². The van der Waals surface area contributed by atoms with Crippen molar-refractivity contribution in [2.45, 2.75) is 44.6 Å². The fourth-order valence-corrected chi connectivity index (χ4v) is 4.98. The zero-order chi connectivity index (χ0) is 18.6. The van der Waals surface area contributed by atoms with Crippen molar-refractivity contribution in [3.05, 3.63) is 29.3 Å². The van der Waals surface area contributed by atoms with Gasteiger partial charge in [-0.1, -0.05) is 12.1 Å². The summed E-state index contributed by atoms with van der Waals surface area (Å²) in [4.78, 5) is 23.5. The minimum Gasteiger partial charge on any atom is -0.348 e. The van der Waals surface area contributed by atoms with Crippen LogP contribution in [0.5, 0.6) is 0 Å². The molecule has 1 heterocycles. The largest absolute Gasteiger partial charge is 0.348 e. The van der Waals surface area contributed by atoms with Crippen LogP contribution in [-0.2, 0) is 19.6 Å². The van der Waals surface area contributed by atoms with Gasteiger partial charge in [0, 0.05) is 25.7 Å². The third-order valence-corrected chi connectivity index (χ3v) is 6.39. The summed E-state index contributed by atoms with van der Waals surface area (Å²) in [6, 6.07) is 5.00. The molecule has 25 heavy (non-hydrogen) atoms. The Morgan fingerprint density at radius 1 is 1.20 bits per heavy atom. The first-order chi connectivity index (χ1) is 11.8. The lowest BCUT2D eigenvalue weighted by molar-refractivity contribution is -0.139. The summed E-state index contributed by atoms with van der Waals surface area (Å²) < 4.78 is 27.5. The number of carbonyl (C=O) groups excluding carboxylic acids is 2. The second kappa shape index (κ2) is 7.97. The van der Waals surface area contributed by atoms with Gasteiger partial charge in [0.15, 0.2) is 0 Å². The zero-order valence-electron chi connectivity index (χ0n) is 14.8. The van der Waals surface area contributed by atoms with E-state index in [0.717, 1.165) is 12.0 Å². The number of amides is 2. The van der Waals surface area contributed by atoms with Gasteiger partial charge in [-0.2, -0.15) is 4.31 Å². The Hall–Kier alpha value is -1.93. The number of rotatable bonds is 5. The van der Waals surface area contributed by atoms with Crippen LogP contribution in [0.4, 0.5) is 0 Å². The average molecular weight is 367 g/mol. The maximum Gasteiger partial charge on any atom is 0.309 e. The van der Waals surface area contributed by atoms with Crippen LogP contribution in [-0.4, -0.2) is 50.2 Å². The van der Waals surface area contributed by atoms with Crippen molar-refractivity contribution in [2.24, 2.45) is 0 Å². The van der Waals surface area contributed by atoms with Crippen LogP contribution < -0.4 is 10.6 Å². The quantitative estimate of drug-likeness (QED) is 0.749. The first-order valence-corrected chi connectivity index (χ1v) is 9.86. The molecule has 1 atom stereocenters. The van der Waals surface area contributed by atoms with Crippen LogP contribution in [0, 0.1) is 13.8 Å². The smallest absolute Gasteiger partial charge is 0.309 e. The molecule has 1 aliphatic rings. The van der Waals surface area contributed by atoms with E-state index in [2.05, 4.69) is 10.6 Å². The molecular formula is C17H25N3O4S. The van der Waals surface area contributed by atoms with Crippen LogP contribution in [0.15, 0.2) is 23.1 Å². The van der Waals surface area contributed by atoms with Gasteiger partial charge in [-0.25, -0.2) is 8.42 Å². The molecule has 1 fully saturated rings. The summed E-state index contributed by atoms with van der Waals surface area (Å²) in [5, 5.41) is 4.95. The van der Waals surface area contributed by atoms with E-state index < -0.39 is 21.8 Å². The lowest BCUT2D eigenvalue weighted by Crippen LogP contribution is -2.47. The van der Waals surface area contributed by atoms with Crippen molar-refractivity contribution < 1.29 is 18.0 Å². The maximum absolute atomic E-state index is 13.0. The first kappa shape index (κ1) is 19.4. The molecule has 0 radical (unpaired) electrons. The number of hydrogen-bond donors (Lipinski definition) is 2. The van der Waals surface area contributed by atoms with E-state index in [-0.39, 0.29) is 12.6 Å². The number of sulfonamides is 1. The number of likely N-dealkylation sites (N-methyl/N-ethyl adjacent to an activating group) is 1. The Bertz CT molecular complexity index is 761. The van der Waals surface area contributed by atoms with Gasteiger partial charge >= 0.3 is 11.8 Å². The molecule has 7 nitrogen and oxygen atoms in total. The van der Waals surface area contributed by atoms with Crippen molar-refractivity contribution in [1.82, 2.24) is 14.9 Å². The maximum atomic E-state index is 13.0. The highest BCUT2D eigenvalue weighted by atomic mass is 32.2. The predicted molar refractivity (Wildman–Crippen MR) is 94.5 cm³/mol. The summed E-state index contributed by atoms with van der Waals surface area (Å²) in [5.41, 5.74) is 1.58. The van der Waals surface area contributed by atoms with E-state index in [9.17, 15) is 18.0 Å². The molecule has 2 N–H and O–H groups in total. The molecular weight excluding hydrogens is 342 g/mol. The molecule has 0 aliphatic carbocycles. The van der Waals surface area contributed by atoms with Gasteiger partial charge in [0.1, 0.15) is 0 Å². The molecule has 1 unspecified atom stereocenters. The fraction of sp³-hybridized carbons (Fsp3) is 0.529. The molecule has 0 saturated carbocycles. The second-order valence-corrected chi connectivity index (χ2v) is 8.11. The van der Waals surface area contributed by atoms with Crippen molar-refractivity contribution in [1.29, 1.82) is 0 Å². The third-order valence-electron chi connectivity index (χ3n) is 4.30. The molecule has 138 valence electrons. The lowest BCUT2D eigenvalue weighted by Gasteiger charge is -2.25. The molecule has 0 spiro atoms. The van der Waals surface area contributed by atoms with Gasteiger partial charge in [0.25, 0.3) is 0 Å². The lowest BCUT2D eigenvalue weighted by atomic mass is 10.2. The van der Waals surface area contributed by atoms with Gasteiger partial charge < -0.3 is 10.6 Å². The molecule has 8 heteroatoms. The number of nitrogens with zero attached hydrogens (tertiary/aromatic N) is 1. The van der Waals surface area contributed by atoms with E-state index in [1.807, 2.05) is 13.0 Å². The number of aryl methyl sites for hydroxylation is 2. The summed E-state index contributed by atoms with van der Waals surface area (Å²) in [7, 11) is -3.64. The highest BCUT2D eigenvalue weighted by molar-refractivity contribution is 7.89. The molecule has 1 aromatic rings. The average Bonchev–Trinajstić information content (AvgIpc) is 3.04. The van der Waals surface area contributed by atoms with Crippen LogP contribution in [0.3, 0.4) is 0 Å². The SMILES string of the molecule is CCNC(=O)C(=O)NCC1CCCN1S(=O)(=O)c1cc(C)ccc1C. The molecule has 2 amide bonds. The van der Waals surface area contributed by atoms with E-state index in [1.165, 1.54) is 4.31 Å².